The van der Waals surface area contributed by atoms with Crippen molar-refractivity contribution in [3.05, 3.63) is 51.4 Å². The van der Waals surface area contributed by atoms with Crippen LogP contribution in [0.2, 0.25) is 0 Å². The van der Waals surface area contributed by atoms with Crippen molar-refractivity contribution in [3.8, 4) is 5.69 Å². The molecule has 5 heteroatoms. The fraction of sp³-hybridized carbons (Fsp3) is 0.350. The van der Waals surface area contributed by atoms with Crippen LogP contribution in [0.15, 0.2) is 36.7 Å². The zero-order valence-electron chi connectivity index (χ0n) is 15.0. The monoisotopic (exact) mass is 446 g/mol. The van der Waals surface area contributed by atoms with E-state index >= 15 is 0 Å². The van der Waals surface area contributed by atoms with E-state index in [0.29, 0.717) is 0 Å². The Morgan fingerprint density at radius 3 is 2.40 bits per heavy atom. The Morgan fingerprint density at radius 1 is 1.04 bits per heavy atom. The van der Waals surface area contributed by atoms with Crippen LogP contribution in [-0.4, -0.2) is 47.7 Å². The van der Waals surface area contributed by atoms with Gasteiger partial charge in [0.1, 0.15) is 5.65 Å². The number of piperazine rings is 1. The SMILES string of the molecule is Cc1cc(-n2cc(I)c3cccnc32)cc(C)c1N1CCN(C)CC1. The van der Waals surface area contributed by atoms with Crippen LogP contribution in [0.25, 0.3) is 16.7 Å². The van der Waals surface area contributed by atoms with E-state index in [1.807, 2.05) is 12.3 Å². The van der Waals surface area contributed by atoms with E-state index in [2.05, 4.69) is 87.2 Å². The number of benzene rings is 1. The third-order valence-corrected chi connectivity index (χ3v) is 5.95. The lowest BCUT2D eigenvalue weighted by Crippen LogP contribution is -2.45. The molecule has 3 aromatic rings. The lowest BCUT2D eigenvalue weighted by atomic mass is 10.1. The molecule has 3 heterocycles. The maximum atomic E-state index is 4.60. The first-order valence-electron chi connectivity index (χ1n) is 8.71. The molecule has 0 radical (unpaired) electrons. The molecule has 4 nitrogen and oxygen atoms in total. The van der Waals surface area contributed by atoms with E-state index < -0.39 is 0 Å². The van der Waals surface area contributed by atoms with Gasteiger partial charge in [0.05, 0.1) is 0 Å². The number of hydrogen-bond donors (Lipinski definition) is 0. The highest BCUT2D eigenvalue weighted by Crippen LogP contribution is 2.31. The van der Waals surface area contributed by atoms with Gasteiger partial charge in [0.15, 0.2) is 0 Å². The van der Waals surface area contributed by atoms with Gasteiger partial charge in [-0.25, -0.2) is 4.98 Å². The third kappa shape index (κ3) is 3.04. The van der Waals surface area contributed by atoms with Crippen molar-refractivity contribution in [2.75, 3.05) is 38.1 Å². The number of likely N-dealkylation sites (N-methyl/N-ethyl adjacent to an activating group) is 1. The summed E-state index contributed by atoms with van der Waals surface area (Å²) in [5, 5.41) is 1.21. The number of fused-ring (bicyclic) bond motifs is 1. The van der Waals surface area contributed by atoms with Gasteiger partial charge in [0.25, 0.3) is 0 Å². The summed E-state index contributed by atoms with van der Waals surface area (Å²) in [5.74, 6) is 0. The molecule has 0 unspecified atom stereocenters. The quantitative estimate of drug-likeness (QED) is 0.557. The number of aromatic nitrogens is 2. The van der Waals surface area contributed by atoms with Gasteiger partial charge in [-0.05, 0) is 78.9 Å². The van der Waals surface area contributed by atoms with Crippen molar-refractivity contribution in [2.45, 2.75) is 13.8 Å². The van der Waals surface area contributed by atoms with Crippen LogP contribution in [0.4, 0.5) is 5.69 Å². The Morgan fingerprint density at radius 2 is 1.72 bits per heavy atom. The van der Waals surface area contributed by atoms with Gasteiger partial charge in [-0.1, -0.05) is 0 Å². The summed E-state index contributed by atoms with van der Waals surface area (Å²) >= 11 is 2.39. The summed E-state index contributed by atoms with van der Waals surface area (Å²) in [6, 6.07) is 8.73. The van der Waals surface area contributed by atoms with Gasteiger partial charge in [-0.15, -0.1) is 0 Å². The minimum absolute atomic E-state index is 1.03. The first-order valence-corrected chi connectivity index (χ1v) is 9.79. The van der Waals surface area contributed by atoms with Crippen molar-refractivity contribution in [1.82, 2.24) is 14.5 Å². The van der Waals surface area contributed by atoms with E-state index in [4.69, 9.17) is 0 Å². The van der Waals surface area contributed by atoms with Crippen molar-refractivity contribution in [3.63, 3.8) is 0 Å². The van der Waals surface area contributed by atoms with Crippen LogP contribution in [0, 0.1) is 17.4 Å². The fourth-order valence-corrected chi connectivity index (χ4v) is 4.52. The van der Waals surface area contributed by atoms with Crippen molar-refractivity contribution in [1.29, 1.82) is 0 Å². The molecular formula is C20H23IN4. The number of hydrogen-bond acceptors (Lipinski definition) is 3. The van der Waals surface area contributed by atoms with Gasteiger partial charge in [0, 0.05) is 58.9 Å². The zero-order valence-corrected chi connectivity index (χ0v) is 17.1. The molecule has 1 fully saturated rings. The molecule has 0 spiro atoms. The molecule has 0 aliphatic carbocycles. The van der Waals surface area contributed by atoms with Crippen molar-refractivity contribution >= 4 is 39.3 Å². The highest BCUT2D eigenvalue weighted by atomic mass is 127. The van der Waals surface area contributed by atoms with Crippen LogP contribution in [0.5, 0.6) is 0 Å². The molecule has 0 bridgehead atoms. The van der Waals surface area contributed by atoms with Gasteiger partial charge in [-0.3, -0.25) is 0 Å². The second-order valence-electron chi connectivity index (χ2n) is 6.94. The molecule has 0 atom stereocenters. The normalized spacial score (nSPS) is 15.9. The lowest BCUT2D eigenvalue weighted by molar-refractivity contribution is 0.312. The van der Waals surface area contributed by atoms with E-state index in [1.165, 1.54) is 31.5 Å². The maximum Gasteiger partial charge on any atom is 0.145 e. The molecule has 1 aromatic carbocycles. The van der Waals surface area contributed by atoms with Crippen LogP contribution in [0.3, 0.4) is 0 Å². The molecule has 1 saturated heterocycles. The van der Waals surface area contributed by atoms with E-state index in [0.717, 1.165) is 31.8 Å². The number of rotatable bonds is 2. The van der Waals surface area contributed by atoms with Crippen molar-refractivity contribution < 1.29 is 0 Å². The fourth-order valence-electron chi connectivity index (χ4n) is 3.82. The van der Waals surface area contributed by atoms with Gasteiger partial charge >= 0.3 is 0 Å². The summed E-state index contributed by atoms with van der Waals surface area (Å²) < 4.78 is 3.45. The predicted octanol–water partition coefficient (Wildman–Crippen LogP) is 4.00. The van der Waals surface area contributed by atoms with Gasteiger partial charge in [-0.2, -0.15) is 0 Å². The summed E-state index contributed by atoms with van der Waals surface area (Å²) in [6.07, 6.45) is 4.05. The molecule has 0 saturated carbocycles. The Kier molecular flexibility index (Phi) is 4.45. The first-order chi connectivity index (χ1) is 12.0. The van der Waals surface area contributed by atoms with Gasteiger partial charge < -0.3 is 14.4 Å². The number of pyridine rings is 1. The molecule has 0 amide bonds. The number of nitrogens with zero attached hydrogens (tertiary/aromatic N) is 4. The molecule has 0 N–H and O–H groups in total. The lowest BCUT2D eigenvalue weighted by Gasteiger charge is -2.36. The predicted molar refractivity (Wildman–Crippen MR) is 113 cm³/mol. The largest absolute Gasteiger partial charge is 0.369 e. The van der Waals surface area contributed by atoms with E-state index in [9.17, 15) is 0 Å². The minimum atomic E-state index is 1.03. The number of anilines is 1. The van der Waals surface area contributed by atoms with Gasteiger partial charge in [0.2, 0.25) is 0 Å². The highest BCUT2D eigenvalue weighted by molar-refractivity contribution is 14.1. The maximum absolute atomic E-state index is 4.60. The number of halogens is 1. The van der Waals surface area contributed by atoms with Crippen LogP contribution in [0.1, 0.15) is 11.1 Å². The minimum Gasteiger partial charge on any atom is -0.369 e. The van der Waals surface area contributed by atoms with Crippen molar-refractivity contribution in [2.24, 2.45) is 0 Å². The number of aryl methyl sites for hydroxylation is 2. The average molecular weight is 446 g/mol. The summed E-state index contributed by atoms with van der Waals surface area (Å²) in [4.78, 5) is 9.53. The molecule has 4 rings (SSSR count). The standard InChI is InChI=1S/C20H23IN4/c1-14-11-16(25-13-18(21)17-5-4-6-22-20(17)25)12-15(2)19(14)24-9-7-23(3)8-10-24/h4-6,11-13H,7-10H2,1-3H3. The molecule has 25 heavy (non-hydrogen) atoms. The summed E-state index contributed by atoms with van der Waals surface area (Å²) in [6.45, 7) is 8.92. The zero-order chi connectivity index (χ0) is 17.6. The third-order valence-electron chi connectivity index (χ3n) is 5.09. The second-order valence-corrected chi connectivity index (χ2v) is 8.10. The Hall–Kier alpha value is -1.60. The van der Waals surface area contributed by atoms with E-state index in [-0.39, 0.29) is 0 Å². The Bertz CT molecular complexity index is 900. The molecule has 1 aliphatic heterocycles. The average Bonchev–Trinajstić information content (AvgIpc) is 2.93. The summed E-state index contributed by atoms with van der Waals surface area (Å²) in [7, 11) is 2.20. The Balaban J connectivity index is 1.77. The smallest absolute Gasteiger partial charge is 0.145 e. The van der Waals surface area contributed by atoms with Crippen LogP contribution >= 0.6 is 22.6 Å². The first kappa shape index (κ1) is 16.8. The highest BCUT2D eigenvalue weighted by Gasteiger charge is 2.19. The molecule has 130 valence electrons. The molecule has 2 aromatic heterocycles. The topological polar surface area (TPSA) is 24.3 Å². The molecular weight excluding hydrogens is 423 g/mol. The summed E-state index contributed by atoms with van der Waals surface area (Å²) in [5.41, 5.74) is 6.30. The molecule has 1 aliphatic rings. The second kappa shape index (κ2) is 6.61. The van der Waals surface area contributed by atoms with Crippen LogP contribution < -0.4 is 4.90 Å². The van der Waals surface area contributed by atoms with Crippen LogP contribution in [-0.2, 0) is 0 Å². The van der Waals surface area contributed by atoms with E-state index in [1.54, 1.807) is 0 Å². The Labute approximate surface area is 162 Å².